The molecule has 15 heavy (non-hydrogen) atoms. The molecular weight excluding hydrogens is 240 g/mol. The predicted molar refractivity (Wildman–Crippen MR) is 43.4 cm³/mol. The molecule has 0 aromatic heterocycles. The van der Waals surface area contributed by atoms with Gasteiger partial charge >= 0.3 is 12.1 Å². The second-order valence-corrected chi connectivity index (χ2v) is 3.02. The average molecular weight is 243 g/mol. The Kier molecular flexibility index (Phi) is 2.90. The molecule has 0 amide bonds. The minimum absolute atomic E-state index is 0.167. The summed E-state index contributed by atoms with van der Waals surface area (Å²) >= 11 is 5.26. The van der Waals surface area contributed by atoms with Crippen LogP contribution in [0.1, 0.15) is 15.9 Å². The van der Waals surface area contributed by atoms with Gasteiger partial charge in [0.2, 0.25) is 0 Å². The standard InChI is InChI=1S/C8H3ClF4O2/c9-5-2-6(10)4(8(11,12)13)1-3(5)7(14)15/h1-2H,(H,14,15). The summed E-state index contributed by atoms with van der Waals surface area (Å²) in [5.74, 6) is -3.25. The second-order valence-electron chi connectivity index (χ2n) is 2.61. The third-order valence-corrected chi connectivity index (χ3v) is 1.91. The van der Waals surface area contributed by atoms with Gasteiger partial charge in [-0.15, -0.1) is 0 Å². The maximum atomic E-state index is 12.8. The van der Waals surface area contributed by atoms with Gasteiger partial charge in [0.15, 0.2) is 0 Å². The summed E-state index contributed by atoms with van der Waals surface area (Å²) in [6.07, 6.45) is -4.95. The first-order chi connectivity index (χ1) is 6.73. The lowest BCUT2D eigenvalue weighted by Crippen LogP contribution is -2.10. The van der Waals surface area contributed by atoms with Crippen molar-refractivity contribution in [3.05, 3.63) is 34.1 Å². The lowest BCUT2D eigenvalue weighted by Gasteiger charge is -2.09. The van der Waals surface area contributed by atoms with Crippen molar-refractivity contribution in [2.75, 3.05) is 0 Å². The molecule has 0 aliphatic heterocycles. The number of hydrogen-bond donors (Lipinski definition) is 1. The first-order valence-electron chi connectivity index (χ1n) is 3.53. The van der Waals surface area contributed by atoms with E-state index in [-0.39, 0.29) is 6.07 Å². The van der Waals surface area contributed by atoms with Crippen molar-refractivity contribution in [2.24, 2.45) is 0 Å². The highest BCUT2D eigenvalue weighted by Gasteiger charge is 2.35. The van der Waals surface area contributed by atoms with Crippen molar-refractivity contribution in [3.63, 3.8) is 0 Å². The van der Waals surface area contributed by atoms with Gasteiger partial charge in [0.05, 0.1) is 16.1 Å². The van der Waals surface area contributed by atoms with Crippen molar-refractivity contribution in [3.8, 4) is 0 Å². The number of rotatable bonds is 1. The molecule has 7 heteroatoms. The Balaban J connectivity index is 3.43. The molecule has 0 radical (unpaired) electrons. The Morgan fingerprint density at radius 1 is 1.33 bits per heavy atom. The maximum absolute atomic E-state index is 12.8. The van der Waals surface area contributed by atoms with Crippen LogP contribution in [0.2, 0.25) is 5.02 Å². The number of alkyl halides is 3. The van der Waals surface area contributed by atoms with Crippen molar-refractivity contribution < 1.29 is 27.5 Å². The minimum atomic E-state index is -4.95. The molecular formula is C8H3ClF4O2. The lowest BCUT2D eigenvalue weighted by atomic mass is 10.1. The molecule has 2 nitrogen and oxygen atoms in total. The number of halogens is 5. The number of benzene rings is 1. The summed E-state index contributed by atoms with van der Waals surface area (Å²) in [5.41, 5.74) is -2.44. The van der Waals surface area contributed by atoms with Crippen LogP contribution in [0, 0.1) is 5.82 Å². The van der Waals surface area contributed by atoms with Crippen LogP contribution in [0.15, 0.2) is 12.1 Å². The molecule has 1 aromatic rings. The van der Waals surface area contributed by atoms with Gasteiger partial charge in [-0.3, -0.25) is 0 Å². The van der Waals surface area contributed by atoms with Gasteiger partial charge in [-0.25, -0.2) is 9.18 Å². The van der Waals surface area contributed by atoms with Gasteiger partial charge in [-0.1, -0.05) is 11.6 Å². The number of carboxylic acid groups (broad SMARTS) is 1. The smallest absolute Gasteiger partial charge is 0.419 e. The summed E-state index contributed by atoms with van der Waals surface area (Å²) in [7, 11) is 0. The fraction of sp³-hybridized carbons (Fsp3) is 0.125. The molecule has 0 spiro atoms. The number of carbonyl (C=O) groups is 1. The summed E-state index contributed by atoms with van der Waals surface area (Å²) in [4.78, 5) is 10.4. The van der Waals surface area contributed by atoms with E-state index in [4.69, 9.17) is 16.7 Å². The maximum Gasteiger partial charge on any atom is 0.419 e. The third-order valence-electron chi connectivity index (χ3n) is 1.59. The Bertz CT molecular complexity index is 414. The van der Waals surface area contributed by atoms with Gasteiger partial charge in [0.1, 0.15) is 5.82 Å². The van der Waals surface area contributed by atoms with E-state index in [9.17, 15) is 22.4 Å². The van der Waals surface area contributed by atoms with Crippen LogP contribution in [0.4, 0.5) is 17.6 Å². The van der Waals surface area contributed by atoms with E-state index < -0.39 is 34.1 Å². The average Bonchev–Trinajstić information content (AvgIpc) is 2.00. The number of hydrogen-bond acceptors (Lipinski definition) is 1. The van der Waals surface area contributed by atoms with Crippen LogP contribution in [0.25, 0.3) is 0 Å². The van der Waals surface area contributed by atoms with Gasteiger partial charge in [0.25, 0.3) is 0 Å². The molecule has 0 atom stereocenters. The molecule has 0 fully saturated rings. The molecule has 0 heterocycles. The lowest BCUT2D eigenvalue weighted by molar-refractivity contribution is -0.140. The molecule has 1 aromatic carbocycles. The molecule has 0 aliphatic rings. The molecule has 0 aliphatic carbocycles. The number of aromatic carboxylic acids is 1. The SMILES string of the molecule is O=C(O)c1cc(C(F)(F)F)c(F)cc1Cl. The zero-order valence-corrected chi connectivity index (χ0v) is 7.66. The highest BCUT2D eigenvalue weighted by molar-refractivity contribution is 6.33. The summed E-state index contributed by atoms with van der Waals surface area (Å²) in [6.45, 7) is 0. The van der Waals surface area contributed by atoms with E-state index in [0.29, 0.717) is 6.07 Å². The first kappa shape index (κ1) is 11.8. The van der Waals surface area contributed by atoms with Crippen LogP contribution in [-0.2, 0) is 6.18 Å². The fourth-order valence-corrected chi connectivity index (χ4v) is 1.16. The summed E-state index contributed by atoms with van der Waals surface area (Å²) in [5, 5.41) is 7.90. The van der Waals surface area contributed by atoms with E-state index in [1.54, 1.807) is 0 Å². The van der Waals surface area contributed by atoms with Crippen molar-refractivity contribution in [1.82, 2.24) is 0 Å². The van der Waals surface area contributed by atoms with E-state index >= 15 is 0 Å². The highest BCUT2D eigenvalue weighted by atomic mass is 35.5. The van der Waals surface area contributed by atoms with Crippen LogP contribution in [0.3, 0.4) is 0 Å². The monoisotopic (exact) mass is 242 g/mol. The zero-order chi connectivity index (χ0) is 11.8. The minimum Gasteiger partial charge on any atom is -0.478 e. The van der Waals surface area contributed by atoms with Crippen molar-refractivity contribution in [2.45, 2.75) is 6.18 Å². The van der Waals surface area contributed by atoms with Gasteiger partial charge in [-0.2, -0.15) is 13.2 Å². The topological polar surface area (TPSA) is 37.3 Å². The van der Waals surface area contributed by atoms with Gasteiger partial charge in [0, 0.05) is 0 Å². The van der Waals surface area contributed by atoms with Crippen LogP contribution >= 0.6 is 11.6 Å². The molecule has 1 N–H and O–H groups in total. The Labute approximate surface area is 86.1 Å². The van der Waals surface area contributed by atoms with Crippen LogP contribution in [-0.4, -0.2) is 11.1 Å². The summed E-state index contributed by atoms with van der Waals surface area (Å²) < 4.78 is 49.2. The predicted octanol–water partition coefficient (Wildman–Crippen LogP) is 3.20. The zero-order valence-electron chi connectivity index (χ0n) is 6.90. The Morgan fingerprint density at radius 2 is 1.87 bits per heavy atom. The normalized spacial score (nSPS) is 11.5. The molecule has 1 rings (SSSR count). The van der Waals surface area contributed by atoms with Crippen molar-refractivity contribution in [1.29, 1.82) is 0 Å². The fourth-order valence-electron chi connectivity index (χ4n) is 0.930. The van der Waals surface area contributed by atoms with E-state index in [0.717, 1.165) is 0 Å². The van der Waals surface area contributed by atoms with E-state index in [1.165, 1.54) is 0 Å². The van der Waals surface area contributed by atoms with Crippen LogP contribution < -0.4 is 0 Å². The quantitative estimate of drug-likeness (QED) is 0.768. The largest absolute Gasteiger partial charge is 0.478 e. The molecule has 0 saturated heterocycles. The highest BCUT2D eigenvalue weighted by Crippen LogP contribution is 2.34. The molecule has 82 valence electrons. The van der Waals surface area contributed by atoms with Crippen LogP contribution in [0.5, 0.6) is 0 Å². The van der Waals surface area contributed by atoms with Crippen molar-refractivity contribution >= 4 is 17.6 Å². The van der Waals surface area contributed by atoms with E-state index in [2.05, 4.69) is 0 Å². The Hall–Kier alpha value is -1.30. The third kappa shape index (κ3) is 2.38. The second kappa shape index (κ2) is 3.69. The molecule has 0 unspecified atom stereocenters. The molecule has 0 bridgehead atoms. The number of carboxylic acids is 1. The van der Waals surface area contributed by atoms with Gasteiger partial charge in [-0.05, 0) is 12.1 Å². The van der Waals surface area contributed by atoms with E-state index in [1.807, 2.05) is 0 Å². The Morgan fingerprint density at radius 3 is 2.27 bits per heavy atom. The van der Waals surface area contributed by atoms with Gasteiger partial charge < -0.3 is 5.11 Å². The first-order valence-corrected chi connectivity index (χ1v) is 3.91. The summed E-state index contributed by atoms with van der Waals surface area (Å²) in [6, 6.07) is 0.494. The molecule has 0 saturated carbocycles.